The number of nitrogens with zero attached hydrogens (tertiary/aromatic N) is 4. The Kier molecular flexibility index (Phi) is 4.23. The number of hydrogen-bond donors (Lipinski definition) is 1. The van der Waals surface area contributed by atoms with Crippen molar-refractivity contribution in [2.75, 3.05) is 7.05 Å². The van der Waals surface area contributed by atoms with Crippen molar-refractivity contribution in [3.63, 3.8) is 0 Å². The van der Waals surface area contributed by atoms with Crippen LogP contribution < -0.4 is 5.73 Å². The van der Waals surface area contributed by atoms with Gasteiger partial charge in [-0.3, -0.25) is 0 Å². The van der Waals surface area contributed by atoms with Crippen molar-refractivity contribution in [1.29, 1.82) is 0 Å². The summed E-state index contributed by atoms with van der Waals surface area (Å²) in [5.74, 6) is 0. The average molecular weight is 342 g/mol. The quantitative estimate of drug-likeness (QED) is 0.767. The Morgan fingerprint density at radius 2 is 2.18 bits per heavy atom. The molecule has 0 radical (unpaired) electrons. The van der Waals surface area contributed by atoms with Crippen molar-refractivity contribution in [2.24, 2.45) is 12.8 Å². The third-order valence-corrected chi connectivity index (χ3v) is 5.48. The first-order chi connectivity index (χ1) is 7.69. The van der Waals surface area contributed by atoms with Crippen LogP contribution in [0.25, 0.3) is 0 Å². The first-order valence-corrected chi connectivity index (χ1v) is 7.16. The maximum atomic E-state index is 12.3. The van der Waals surface area contributed by atoms with Gasteiger partial charge in [-0.05, 0) is 22.9 Å². The van der Waals surface area contributed by atoms with Gasteiger partial charge in [0.25, 0.3) is 10.0 Å². The monoisotopic (exact) mass is 341 g/mol. The summed E-state index contributed by atoms with van der Waals surface area (Å²) in [5.41, 5.74) is 5.44. The number of rotatable bonds is 4. The molecule has 0 aliphatic heterocycles. The van der Waals surface area contributed by atoms with Gasteiger partial charge in [0.05, 0.1) is 11.0 Å². The van der Waals surface area contributed by atoms with E-state index in [9.17, 15) is 8.42 Å². The second-order valence-corrected chi connectivity index (χ2v) is 6.54. The number of aromatic nitrogens is 3. The van der Waals surface area contributed by atoms with Crippen LogP contribution in [0.2, 0.25) is 0 Å². The summed E-state index contributed by atoms with van der Waals surface area (Å²) in [4.78, 5) is 0.0994. The first kappa shape index (κ1) is 14.5. The van der Waals surface area contributed by atoms with Crippen LogP contribution in [0.3, 0.4) is 0 Å². The number of halogens is 1. The molecular weight excluding hydrogens is 330 g/mol. The molecule has 17 heavy (non-hydrogen) atoms. The molecule has 10 heteroatoms. The van der Waals surface area contributed by atoms with E-state index >= 15 is 0 Å². The van der Waals surface area contributed by atoms with Crippen LogP contribution in [0.4, 0.5) is 0 Å². The van der Waals surface area contributed by atoms with Crippen molar-refractivity contribution >= 4 is 43.2 Å². The summed E-state index contributed by atoms with van der Waals surface area (Å²) in [6.45, 7) is 1.61. The van der Waals surface area contributed by atoms with Gasteiger partial charge in [-0.15, -0.1) is 5.10 Å². The van der Waals surface area contributed by atoms with Crippen molar-refractivity contribution < 1.29 is 8.42 Å². The molecule has 1 rings (SSSR count). The van der Waals surface area contributed by atoms with Crippen LogP contribution in [0.1, 0.15) is 6.92 Å². The fraction of sp³-hybridized carbons (Fsp3) is 0.571. The van der Waals surface area contributed by atoms with Gasteiger partial charge in [0, 0.05) is 14.1 Å². The lowest BCUT2D eigenvalue weighted by Gasteiger charge is -2.22. The Labute approximate surface area is 113 Å². The summed E-state index contributed by atoms with van der Waals surface area (Å²) in [6.07, 6.45) is 0. The van der Waals surface area contributed by atoms with E-state index in [1.54, 1.807) is 6.92 Å². The molecule has 1 aromatic rings. The minimum Gasteiger partial charge on any atom is -0.392 e. The maximum absolute atomic E-state index is 12.3. The highest BCUT2D eigenvalue weighted by molar-refractivity contribution is 9.10. The van der Waals surface area contributed by atoms with Crippen LogP contribution in [0.15, 0.2) is 9.63 Å². The van der Waals surface area contributed by atoms with Crippen LogP contribution in [0.5, 0.6) is 0 Å². The van der Waals surface area contributed by atoms with Gasteiger partial charge in [-0.25, -0.2) is 13.1 Å². The predicted octanol–water partition coefficient (Wildman–Crippen LogP) is -0.127. The second kappa shape index (κ2) is 4.96. The molecule has 0 aromatic carbocycles. The van der Waals surface area contributed by atoms with Crippen LogP contribution in [0, 0.1) is 0 Å². The molecule has 96 valence electrons. The molecule has 1 heterocycles. The number of likely N-dealkylation sites (N-methyl/N-ethyl adjacent to an activating group) is 1. The van der Waals surface area contributed by atoms with Gasteiger partial charge in [0.1, 0.15) is 0 Å². The normalized spacial score (nSPS) is 13.9. The Balaban J connectivity index is 3.26. The van der Waals surface area contributed by atoms with E-state index in [0.717, 1.165) is 4.31 Å². The molecule has 2 N–H and O–H groups in total. The molecular formula is C7H12BrN5O2S2. The minimum atomic E-state index is -3.74. The smallest absolute Gasteiger partial charge is 0.263 e. The van der Waals surface area contributed by atoms with Crippen LogP contribution in [-0.4, -0.2) is 45.8 Å². The lowest BCUT2D eigenvalue weighted by Crippen LogP contribution is -2.43. The third-order valence-electron chi connectivity index (χ3n) is 2.32. The maximum Gasteiger partial charge on any atom is 0.263 e. The zero-order valence-corrected chi connectivity index (χ0v) is 12.7. The SMILES string of the molecule is CC(C(N)=S)N(C)S(=O)(=O)c1c(Br)nnn1C. The van der Waals surface area contributed by atoms with Crippen molar-refractivity contribution in [2.45, 2.75) is 18.0 Å². The fourth-order valence-electron chi connectivity index (χ4n) is 1.12. The molecule has 0 aliphatic carbocycles. The Bertz CT molecular complexity index is 521. The molecule has 0 amide bonds. The van der Waals surface area contributed by atoms with Gasteiger partial charge >= 0.3 is 0 Å². The highest BCUT2D eigenvalue weighted by Gasteiger charge is 2.32. The van der Waals surface area contributed by atoms with E-state index in [0.29, 0.717) is 0 Å². The molecule has 1 aromatic heterocycles. The molecule has 1 unspecified atom stereocenters. The molecule has 1 atom stereocenters. The second-order valence-electron chi connectivity index (χ2n) is 3.41. The minimum absolute atomic E-state index is 0.0388. The highest BCUT2D eigenvalue weighted by atomic mass is 79.9. The first-order valence-electron chi connectivity index (χ1n) is 4.52. The topological polar surface area (TPSA) is 94.1 Å². The van der Waals surface area contributed by atoms with Crippen LogP contribution in [-0.2, 0) is 17.1 Å². The van der Waals surface area contributed by atoms with Gasteiger partial charge < -0.3 is 5.73 Å². The lowest BCUT2D eigenvalue weighted by molar-refractivity contribution is 0.443. The molecule has 0 spiro atoms. The third kappa shape index (κ3) is 2.64. The fourth-order valence-corrected chi connectivity index (χ4v) is 3.71. The number of sulfonamides is 1. The summed E-state index contributed by atoms with van der Waals surface area (Å²) in [6, 6.07) is -0.586. The van der Waals surface area contributed by atoms with E-state index < -0.39 is 16.1 Å². The van der Waals surface area contributed by atoms with Crippen molar-refractivity contribution in [1.82, 2.24) is 19.3 Å². The van der Waals surface area contributed by atoms with Gasteiger partial charge in [-0.1, -0.05) is 17.4 Å². The molecule has 0 saturated heterocycles. The molecule has 7 nitrogen and oxygen atoms in total. The largest absolute Gasteiger partial charge is 0.392 e. The molecule has 0 fully saturated rings. The number of hydrogen-bond acceptors (Lipinski definition) is 5. The summed E-state index contributed by atoms with van der Waals surface area (Å²) >= 11 is 7.82. The van der Waals surface area contributed by atoms with E-state index in [2.05, 4.69) is 26.2 Å². The summed E-state index contributed by atoms with van der Waals surface area (Å²) < 4.78 is 26.9. The zero-order chi connectivity index (χ0) is 13.4. The Morgan fingerprint density at radius 1 is 1.65 bits per heavy atom. The summed E-state index contributed by atoms with van der Waals surface area (Å²) in [7, 11) is -0.853. The summed E-state index contributed by atoms with van der Waals surface area (Å²) in [5, 5.41) is 7.21. The molecule has 0 bridgehead atoms. The number of nitrogens with two attached hydrogens (primary N) is 1. The van der Waals surface area contributed by atoms with E-state index in [1.807, 2.05) is 0 Å². The van der Waals surface area contributed by atoms with E-state index in [-0.39, 0.29) is 14.6 Å². The van der Waals surface area contributed by atoms with E-state index in [4.69, 9.17) is 18.0 Å². The Hall–Kier alpha value is -0.580. The zero-order valence-electron chi connectivity index (χ0n) is 9.45. The Morgan fingerprint density at radius 3 is 2.53 bits per heavy atom. The molecule has 0 saturated carbocycles. The lowest BCUT2D eigenvalue weighted by atomic mass is 10.3. The van der Waals surface area contributed by atoms with Crippen LogP contribution >= 0.6 is 28.1 Å². The van der Waals surface area contributed by atoms with Gasteiger partial charge in [0.2, 0.25) is 5.03 Å². The number of aryl methyl sites for hydroxylation is 1. The average Bonchev–Trinajstić information content (AvgIpc) is 2.56. The highest BCUT2D eigenvalue weighted by Crippen LogP contribution is 2.22. The van der Waals surface area contributed by atoms with Gasteiger partial charge in [0.15, 0.2) is 4.60 Å². The van der Waals surface area contributed by atoms with Crippen molar-refractivity contribution in [3.05, 3.63) is 4.60 Å². The van der Waals surface area contributed by atoms with E-state index in [1.165, 1.54) is 18.8 Å². The van der Waals surface area contributed by atoms with Crippen molar-refractivity contribution in [3.8, 4) is 0 Å². The predicted molar refractivity (Wildman–Crippen MR) is 69.9 cm³/mol. The van der Waals surface area contributed by atoms with Gasteiger partial charge in [-0.2, -0.15) is 4.31 Å². The molecule has 0 aliphatic rings. The standard InChI is InChI=1S/C7H12BrN5O2S2/c1-4(6(9)16)13(3)17(14,15)7-5(8)10-11-12(7)2/h4H,1-3H3,(H2,9,16). The number of thiocarbonyl (C=S) groups is 1.